The number of hydrogen-bond acceptors (Lipinski definition) is 2. The molecule has 0 amide bonds. The Hall–Kier alpha value is -1.02. The third-order valence-electron chi connectivity index (χ3n) is 1.37. The molecule has 0 saturated heterocycles. The molecule has 0 aliphatic rings. The molecule has 1 N–H and O–H groups in total. The molecule has 72 valence electrons. The van der Waals surface area contributed by atoms with E-state index in [0.717, 1.165) is 0 Å². The first-order valence-corrected chi connectivity index (χ1v) is 4.49. The molecule has 13 heavy (non-hydrogen) atoms. The van der Waals surface area contributed by atoms with E-state index < -0.39 is 0 Å². The maximum absolute atomic E-state index is 10.8. The van der Waals surface area contributed by atoms with E-state index in [1.54, 1.807) is 6.07 Å². The van der Waals surface area contributed by atoms with Crippen LogP contribution in [0.3, 0.4) is 0 Å². The van der Waals surface area contributed by atoms with Crippen LogP contribution in [0.5, 0.6) is 5.75 Å². The molecular formula is C10H13ClO2. The molecule has 0 fully saturated rings. The lowest BCUT2D eigenvalue weighted by Crippen LogP contribution is -1.91. The van der Waals surface area contributed by atoms with Gasteiger partial charge in [0.15, 0.2) is 5.78 Å². The number of benzene rings is 1. The Bertz CT molecular complexity index is 295. The Morgan fingerprint density at radius 1 is 1.38 bits per heavy atom. The fourth-order valence-corrected chi connectivity index (χ4v) is 0.974. The van der Waals surface area contributed by atoms with Crippen LogP contribution in [0.25, 0.3) is 0 Å². The zero-order valence-corrected chi connectivity index (χ0v) is 8.72. The molecule has 0 atom stereocenters. The molecule has 0 aliphatic carbocycles. The number of rotatable bonds is 1. The lowest BCUT2D eigenvalue weighted by molar-refractivity contribution is 0.101. The summed E-state index contributed by atoms with van der Waals surface area (Å²) in [5.74, 6) is -0.327. The number of halogens is 1. The highest BCUT2D eigenvalue weighted by atomic mass is 35.5. The molecule has 2 nitrogen and oxygen atoms in total. The topological polar surface area (TPSA) is 37.3 Å². The summed E-state index contributed by atoms with van der Waals surface area (Å²) in [5.41, 5.74) is 0.262. The summed E-state index contributed by atoms with van der Waals surface area (Å²) in [5, 5.41) is 9.42. The highest BCUT2D eigenvalue weighted by Gasteiger charge is 2.07. The molecule has 0 bridgehead atoms. The van der Waals surface area contributed by atoms with E-state index in [1.165, 1.54) is 19.1 Å². The number of aromatic hydroxyl groups is 1. The lowest BCUT2D eigenvalue weighted by atomic mass is 10.1. The van der Waals surface area contributed by atoms with E-state index in [9.17, 15) is 9.90 Å². The normalized spacial score (nSPS) is 8.62. The number of para-hydroxylation sites is 1. The number of Topliss-reactive ketones (excluding diaryl/α,β-unsaturated/α-hetero) is 1. The smallest absolute Gasteiger partial charge is 0.163 e. The number of hydrogen-bond donors (Lipinski definition) is 1. The van der Waals surface area contributed by atoms with Crippen molar-refractivity contribution in [2.24, 2.45) is 0 Å². The maximum atomic E-state index is 10.8. The zero-order valence-electron chi connectivity index (χ0n) is 7.97. The molecule has 0 aliphatic heterocycles. The van der Waals surface area contributed by atoms with E-state index in [-0.39, 0.29) is 22.1 Å². The van der Waals surface area contributed by atoms with Gasteiger partial charge in [0, 0.05) is 0 Å². The summed E-state index contributed by atoms with van der Waals surface area (Å²) in [6, 6.07) is 4.69. The minimum Gasteiger partial charge on any atom is -0.506 e. The SMILES string of the molecule is CC.CC(=O)c1cccc(Cl)c1O. The van der Waals surface area contributed by atoms with E-state index in [0.29, 0.717) is 0 Å². The molecule has 0 spiro atoms. The van der Waals surface area contributed by atoms with Gasteiger partial charge in [-0.1, -0.05) is 31.5 Å². The van der Waals surface area contributed by atoms with Crippen molar-refractivity contribution in [3.63, 3.8) is 0 Å². The van der Waals surface area contributed by atoms with Crippen LogP contribution in [0.2, 0.25) is 5.02 Å². The highest BCUT2D eigenvalue weighted by molar-refractivity contribution is 6.32. The van der Waals surface area contributed by atoms with Crippen LogP contribution >= 0.6 is 11.6 Å². The summed E-state index contributed by atoms with van der Waals surface area (Å²) in [6.45, 7) is 5.38. The Morgan fingerprint density at radius 2 is 1.92 bits per heavy atom. The van der Waals surface area contributed by atoms with Crippen molar-refractivity contribution in [2.45, 2.75) is 20.8 Å². The third kappa shape index (κ3) is 3.07. The molecule has 0 aromatic heterocycles. The number of phenols is 1. The number of phenolic OH excluding ortho intramolecular Hbond substituents is 1. The van der Waals surface area contributed by atoms with Gasteiger partial charge in [0.25, 0.3) is 0 Å². The third-order valence-corrected chi connectivity index (χ3v) is 1.67. The van der Waals surface area contributed by atoms with Crippen LogP contribution in [-0.4, -0.2) is 10.9 Å². The number of carbonyl (C=O) groups excluding carboxylic acids is 1. The van der Waals surface area contributed by atoms with E-state index in [4.69, 9.17) is 11.6 Å². The average Bonchev–Trinajstić information content (AvgIpc) is 2.13. The van der Waals surface area contributed by atoms with Crippen molar-refractivity contribution in [2.75, 3.05) is 0 Å². The van der Waals surface area contributed by atoms with Crippen molar-refractivity contribution in [3.05, 3.63) is 28.8 Å². The van der Waals surface area contributed by atoms with Crippen LogP contribution in [0.1, 0.15) is 31.1 Å². The van der Waals surface area contributed by atoms with Crippen LogP contribution in [0, 0.1) is 0 Å². The van der Waals surface area contributed by atoms with Crippen LogP contribution < -0.4 is 0 Å². The van der Waals surface area contributed by atoms with Crippen LogP contribution in [0.4, 0.5) is 0 Å². The summed E-state index contributed by atoms with van der Waals surface area (Å²) in [7, 11) is 0. The number of carbonyl (C=O) groups is 1. The second-order valence-electron chi connectivity index (χ2n) is 2.19. The van der Waals surface area contributed by atoms with E-state index in [1.807, 2.05) is 13.8 Å². The second kappa shape index (κ2) is 5.60. The van der Waals surface area contributed by atoms with Gasteiger partial charge in [-0.3, -0.25) is 4.79 Å². The molecular weight excluding hydrogens is 188 g/mol. The molecule has 0 unspecified atom stereocenters. The van der Waals surface area contributed by atoms with Gasteiger partial charge >= 0.3 is 0 Å². The Morgan fingerprint density at radius 3 is 2.31 bits per heavy atom. The van der Waals surface area contributed by atoms with Crippen molar-refractivity contribution in [1.29, 1.82) is 0 Å². The molecule has 0 heterocycles. The van der Waals surface area contributed by atoms with Crippen molar-refractivity contribution in [3.8, 4) is 5.75 Å². The summed E-state index contributed by atoms with van der Waals surface area (Å²) in [6.07, 6.45) is 0. The molecule has 3 heteroatoms. The van der Waals surface area contributed by atoms with E-state index >= 15 is 0 Å². The standard InChI is InChI=1S/C8H7ClO2.C2H6/c1-5(10)6-3-2-4-7(9)8(6)11;1-2/h2-4,11H,1H3;1-2H3. The van der Waals surface area contributed by atoms with Gasteiger partial charge in [-0.15, -0.1) is 0 Å². The predicted octanol–water partition coefficient (Wildman–Crippen LogP) is 3.27. The number of ketones is 1. The van der Waals surface area contributed by atoms with E-state index in [2.05, 4.69) is 0 Å². The minimum absolute atomic E-state index is 0.137. The molecule has 0 saturated carbocycles. The Labute approximate surface area is 83.2 Å². The van der Waals surface area contributed by atoms with Gasteiger partial charge in [0.2, 0.25) is 0 Å². The highest BCUT2D eigenvalue weighted by Crippen LogP contribution is 2.26. The fourth-order valence-electron chi connectivity index (χ4n) is 0.799. The van der Waals surface area contributed by atoms with Gasteiger partial charge in [-0.05, 0) is 19.1 Å². The summed E-state index contributed by atoms with van der Waals surface area (Å²) < 4.78 is 0. The predicted molar refractivity (Wildman–Crippen MR) is 54.5 cm³/mol. The van der Waals surface area contributed by atoms with Gasteiger partial charge < -0.3 is 5.11 Å². The quantitative estimate of drug-likeness (QED) is 0.707. The molecule has 1 aromatic carbocycles. The average molecular weight is 201 g/mol. The Balaban J connectivity index is 0.000000671. The second-order valence-corrected chi connectivity index (χ2v) is 2.60. The summed E-state index contributed by atoms with van der Waals surface area (Å²) in [4.78, 5) is 10.8. The summed E-state index contributed by atoms with van der Waals surface area (Å²) >= 11 is 5.56. The largest absolute Gasteiger partial charge is 0.506 e. The van der Waals surface area contributed by atoms with Crippen LogP contribution in [0.15, 0.2) is 18.2 Å². The fraction of sp³-hybridized carbons (Fsp3) is 0.300. The Kier molecular flexibility index (Phi) is 5.16. The van der Waals surface area contributed by atoms with Crippen molar-refractivity contribution < 1.29 is 9.90 Å². The zero-order chi connectivity index (χ0) is 10.4. The molecule has 0 radical (unpaired) electrons. The first-order chi connectivity index (χ1) is 6.13. The van der Waals surface area contributed by atoms with Gasteiger partial charge in [0.05, 0.1) is 10.6 Å². The van der Waals surface area contributed by atoms with Crippen molar-refractivity contribution in [1.82, 2.24) is 0 Å². The molecule has 1 rings (SSSR count). The lowest BCUT2D eigenvalue weighted by Gasteiger charge is -2.00. The monoisotopic (exact) mass is 200 g/mol. The van der Waals surface area contributed by atoms with Crippen molar-refractivity contribution >= 4 is 17.4 Å². The first kappa shape index (κ1) is 12.0. The van der Waals surface area contributed by atoms with Gasteiger partial charge in [-0.2, -0.15) is 0 Å². The van der Waals surface area contributed by atoms with Gasteiger partial charge in [0.1, 0.15) is 5.75 Å². The maximum Gasteiger partial charge on any atom is 0.163 e. The minimum atomic E-state index is -0.190. The molecule has 1 aromatic rings. The van der Waals surface area contributed by atoms with Crippen LogP contribution in [-0.2, 0) is 0 Å². The first-order valence-electron chi connectivity index (χ1n) is 4.11. The van der Waals surface area contributed by atoms with Gasteiger partial charge in [-0.25, -0.2) is 0 Å².